The fourth-order valence-electron chi connectivity index (χ4n) is 3.18. The molecule has 0 amide bonds. The van der Waals surface area contributed by atoms with Gasteiger partial charge in [0.15, 0.2) is 0 Å². The number of aromatic nitrogens is 3. The largest absolute Gasteiger partial charge is 0.497 e. The van der Waals surface area contributed by atoms with E-state index in [9.17, 15) is 4.79 Å². The van der Waals surface area contributed by atoms with Gasteiger partial charge in [0.2, 0.25) is 0 Å². The minimum Gasteiger partial charge on any atom is -0.497 e. The van der Waals surface area contributed by atoms with Crippen LogP contribution < -0.4 is 15.6 Å². The molecule has 3 aromatic rings. The molecule has 0 aliphatic carbocycles. The lowest BCUT2D eigenvalue weighted by atomic mass is 10.1. The van der Waals surface area contributed by atoms with E-state index in [0.717, 1.165) is 17.0 Å². The van der Waals surface area contributed by atoms with Crippen LogP contribution in [0.4, 0.5) is 5.69 Å². The third kappa shape index (κ3) is 3.68. The topological polar surface area (TPSA) is 78.3 Å². The molecule has 2 atom stereocenters. The van der Waals surface area contributed by atoms with E-state index in [0.29, 0.717) is 18.9 Å². The maximum absolute atomic E-state index is 12.5. The van der Waals surface area contributed by atoms with E-state index in [4.69, 9.17) is 9.47 Å². The zero-order chi connectivity index (χ0) is 18.6. The number of anilines is 1. The summed E-state index contributed by atoms with van der Waals surface area (Å²) in [5, 5.41) is 8.02. The Labute approximate surface area is 156 Å². The Bertz CT molecular complexity index is 974. The molecule has 1 saturated heterocycles. The molecule has 2 aromatic heterocycles. The van der Waals surface area contributed by atoms with Crippen LogP contribution in [0.3, 0.4) is 0 Å². The van der Waals surface area contributed by atoms with Gasteiger partial charge in [-0.3, -0.25) is 9.78 Å². The van der Waals surface area contributed by atoms with Crippen molar-refractivity contribution < 1.29 is 9.47 Å². The first-order valence-corrected chi connectivity index (χ1v) is 8.73. The highest BCUT2D eigenvalue weighted by Crippen LogP contribution is 2.24. The molecule has 0 bridgehead atoms. The second-order valence-electron chi connectivity index (χ2n) is 6.32. The molecule has 2 unspecified atom stereocenters. The van der Waals surface area contributed by atoms with Crippen LogP contribution in [-0.4, -0.2) is 41.1 Å². The van der Waals surface area contributed by atoms with Crippen LogP contribution in [0.15, 0.2) is 65.7 Å². The summed E-state index contributed by atoms with van der Waals surface area (Å²) in [5.41, 5.74) is 2.38. The van der Waals surface area contributed by atoms with Crippen molar-refractivity contribution in [3.8, 4) is 17.0 Å². The lowest BCUT2D eigenvalue weighted by Gasteiger charge is -2.21. The first-order valence-electron chi connectivity index (χ1n) is 8.73. The first-order chi connectivity index (χ1) is 13.2. The van der Waals surface area contributed by atoms with Crippen LogP contribution in [0.1, 0.15) is 6.04 Å². The number of methoxy groups -OCH3 is 1. The molecule has 4 rings (SSSR count). The van der Waals surface area contributed by atoms with Gasteiger partial charge in [-0.05, 0) is 30.3 Å². The van der Waals surface area contributed by atoms with E-state index in [2.05, 4.69) is 15.4 Å². The van der Waals surface area contributed by atoms with Crippen molar-refractivity contribution in [2.45, 2.75) is 12.1 Å². The molecule has 27 heavy (non-hydrogen) atoms. The van der Waals surface area contributed by atoms with Crippen molar-refractivity contribution in [2.75, 3.05) is 25.6 Å². The van der Waals surface area contributed by atoms with Crippen molar-refractivity contribution in [3.63, 3.8) is 0 Å². The van der Waals surface area contributed by atoms with Crippen molar-refractivity contribution in [1.29, 1.82) is 0 Å². The van der Waals surface area contributed by atoms with Gasteiger partial charge in [-0.1, -0.05) is 12.1 Å². The Morgan fingerprint density at radius 2 is 2.00 bits per heavy atom. The quantitative estimate of drug-likeness (QED) is 0.749. The molecule has 1 N–H and O–H groups in total. The second kappa shape index (κ2) is 7.59. The highest BCUT2D eigenvalue weighted by Gasteiger charge is 2.31. The van der Waals surface area contributed by atoms with Gasteiger partial charge >= 0.3 is 0 Å². The van der Waals surface area contributed by atoms with Crippen molar-refractivity contribution >= 4 is 5.69 Å². The van der Waals surface area contributed by atoms with E-state index >= 15 is 0 Å². The average molecular weight is 364 g/mol. The Morgan fingerprint density at radius 1 is 1.15 bits per heavy atom. The summed E-state index contributed by atoms with van der Waals surface area (Å²) in [6, 6.07) is 14.4. The number of ether oxygens (including phenoxy) is 2. The number of hydrogen-bond donors (Lipinski definition) is 1. The maximum Gasteiger partial charge on any atom is 0.267 e. The monoisotopic (exact) mass is 364 g/mol. The fraction of sp³-hybridized carbons (Fsp3) is 0.250. The smallest absolute Gasteiger partial charge is 0.267 e. The molecule has 7 nitrogen and oxygen atoms in total. The number of nitrogens with one attached hydrogen (secondary N) is 1. The van der Waals surface area contributed by atoms with Crippen LogP contribution in [0, 0.1) is 0 Å². The van der Waals surface area contributed by atoms with Crippen LogP contribution in [0.5, 0.6) is 5.75 Å². The molecule has 1 aromatic carbocycles. The van der Waals surface area contributed by atoms with Gasteiger partial charge in [0.1, 0.15) is 11.8 Å². The Morgan fingerprint density at radius 3 is 2.81 bits per heavy atom. The molecular weight excluding hydrogens is 344 g/mol. The average Bonchev–Trinajstić information content (AvgIpc) is 3.17. The van der Waals surface area contributed by atoms with Crippen LogP contribution in [-0.2, 0) is 4.74 Å². The molecule has 7 heteroatoms. The highest BCUT2D eigenvalue weighted by molar-refractivity contribution is 5.60. The zero-order valence-corrected chi connectivity index (χ0v) is 14.9. The van der Waals surface area contributed by atoms with E-state index in [1.54, 1.807) is 31.6 Å². The SMILES string of the molecule is COc1cccc(-c2ccc(=O)n(C3COCC3Nc3ccncc3)n2)c1. The summed E-state index contributed by atoms with van der Waals surface area (Å²) < 4.78 is 12.4. The Hall–Kier alpha value is -3.19. The van der Waals surface area contributed by atoms with Gasteiger partial charge in [0.25, 0.3) is 5.56 Å². The lowest BCUT2D eigenvalue weighted by molar-refractivity contribution is 0.183. The number of hydrogen-bond acceptors (Lipinski definition) is 6. The van der Waals surface area contributed by atoms with Crippen molar-refractivity contribution in [2.24, 2.45) is 0 Å². The molecule has 0 spiro atoms. The number of rotatable bonds is 5. The van der Waals surface area contributed by atoms with Crippen LogP contribution in [0.25, 0.3) is 11.3 Å². The summed E-state index contributed by atoms with van der Waals surface area (Å²) >= 11 is 0. The van der Waals surface area contributed by atoms with Gasteiger partial charge in [0.05, 0.1) is 32.1 Å². The molecule has 138 valence electrons. The van der Waals surface area contributed by atoms with Gasteiger partial charge < -0.3 is 14.8 Å². The van der Waals surface area contributed by atoms with Gasteiger partial charge in [0, 0.05) is 29.7 Å². The third-order valence-corrected chi connectivity index (χ3v) is 4.59. The molecule has 1 fully saturated rings. The number of nitrogens with zero attached hydrogens (tertiary/aromatic N) is 3. The standard InChI is InChI=1S/C20H20N4O3/c1-26-16-4-2-3-14(11-16)17-5-6-20(25)24(23-17)19-13-27-12-18(19)22-15-7-9-21-10-8-15/h2-11,18-19H,12-13H2,1H3,(H,21,22). The minimum absolute atomic E-state index is 0.0573. The summed E-state index contributed by atoms with van der Waals surface area (Å²) in [6.07, 6.45) is 3.45. The summed E-state index contributed by atoms with van der Waals surface area (Å²) in [5.74, 6) is 0.744. The second-order valence-corrected chi connectivity index (χ2v) is 6.32. The van der Waals surface area contributed by atoms with Crippen LogP contribution >= 0.6 is 0 Å². The zero-order valence-electron chi connectivity index (χ0n) is 14.9. The van der Waals surface area contributed by atoms with Gasteiger partial charge in [-0.2, -0.15) is 5.10 Å². The summed E-state index contributed by atoms with van der Waals surface area (Å²) in [6.45, 7) is 0.932. The minimum atomic E-state index is -0.198. The summed E-state index contributed by atoms with van der Waals surface area (Å²) in [7, 11) is 1.62. The van der Waals surface area contributed by atoms with E-state index in [1.165, 1.54) is 4.68 Å². The van der Waals surface area contributed by atoms with Gasteiger partial charge in [-0.15, -0.1) is 0 Å². The lowest BCUT2D eigenvalue weighted by Crippen LogP contribution is -2.37. The molecule has 1 aliphatic rings. The molecular formula is C20H20N4O3. The number of benzene rings is 1. The Balaban J connectivity index is 1.65. The van der Waals surface area contributed by atoms with E-state index in [1.807, 2.05) is 36.4 Å². The van der Waals surface area contributed by atoms with E-state index in [-0.39, 0.29) is 17.6 Å². The molecule has 1 aliphatic heterocycles. The third-order valence-electron chi connectivity index (χ3n) is 4.59. The first kappa shape index (κ1) is 17.2. The van der Waals surface area contributed by atoms with Crippen LogP contribution in [0.2, 0.25) is 0 Å². The Kier molecular flexibility index (Phi) is 4.84. The highest BCUT2D eigenvalue weighted by atomic mass is 16.5. The summed E-state index contributed by atoms with van der Waals surface area (Å²) in [4.78, 5) is 16.5. The predicted molar refractivity (Wildman–Crippen MR) is 102 cm³/mol. The maximum atomic E-state index is 12.5. The van der Waals surface area contributed by atoms with Crippen molar-refractivity contribution in [1.82, 2.24) is 14.8 Å². The molecule has 3 heterocycles. The van der Waals surface area contributed by atoms with Gasteiger partial charge in [-0.25, -0.2) is 4.68 Å². The fourth-order valence-corrected chi connectivity index (χ4v) is 3.18. The van der Waals surface area contributed by atoms with E-state index < -0.39 is 0 Å². The molecule has 0 saturated carbocycles. The molecule has 0 radical (unpaired) electrons. The number of pyridine rings is 1. The normalized spacial score (nSPS) is 19.0. The predicted octanol–water partition coefficient (Wildman–Crippen LogP) is 2.37. The van der Waals surface area contributed by atoms with Crippen molar-refractivity contribution in [3.05, 3.63) is 71.3 Å².